The average Bonchev–Trinajstić information content (AvgIpc) is 2.63. The number of ketones is 1. The number of allylic oxidation sites excluding steroid dienone is 5. The Bertz CT molecular complexity index is 377. The fraction of sp³-hybridized carbons (Fsp3) is 0.533. The van der Waals surface area contributed by atoms with E-state index >= 15 is 0 Å². The predicted molar refractivity (Wildman–Crippen MR) is 64.8 cm³/mol. The maximum absolute atomic E-state index is 12.4. The Balaban J connectivity index is 2.03. The van der Waals surface area contributed by atoms with Crippen molar-refractivity contribution in [1.82, 2.24) is 0 Å². The minimum atomic E-state index is 0.156. The lowest BCUT2D eigenvalue weighted by Gasteiger charge is -2.30. The van der Waals surface area contributed by atoms with Crippen LogP contribution in [-0.2, 0) is 4.79 Å². The Kier molecular flexibility index (Phi) is 2.34. The van der Waals surface area contributed by atoms with Crippen molar-refractivity contribution in [2.75, 3.05) is 0 Å². The molecule has 0 aromatic heterocycles. The predicted octanol–water partition coefficient (Wildman–Crippen LogP) is 3.15. The largest absolute Gasteiger partial charge is 0.299 e. The molecule has 0 aliphatic heterocycles. The van der Waals surface area contributed by atoms with Gasteiger partial charge in [0.15, 0.2) is 0 Å². The summed E-state index contributed by atoms with van der Waals surface area (Å²) in [6.07, 6.45) is 14.1. The van der Waals surface area contributed by atoms with Crippen LogP contribution in [0.3, 0.4) is 0 Å². The minimum absolute atomic E-state index is 0.156. The lowest BCUT2D eigenvalue weighted by atomic mass is 9.72. The second-order valence-electron chi connectivity index (χ2n) is 5.33. The minimum Gasteiger partial charge on any atom is -0.299 e. The van der Waals surface area contributed by atoms with Crippen LogP contribution in [0.5, 0.6) is 0 Å². The molecule has 1 saturated carbocycles. The number of carbonyl (C=O) groups excluding carboxylic acids is 1. The van der Waals surface area contributed by atoms with Gasteiger partial charge >= 0.3 is 0 Å². The SMILES string of the molecule is C=C[C@H]1C[C@H]2C=C[C@@H]3C/C=C\C[C@H]1C2C3=O. The first kappa shape index (κ1) is 10.1. The third-order valence-corrected chi connectivity index (χ3v) is 4.57. The zero-order valence-corrected chi connectivity index (χ0v) is 9.51. The van der Waals surface area contributed by atoms with Gasteiger partial charge in [0.05, 0.1) is 0 Å². The van der Waals surface area contributed by atoms with Crippen molar-refractivity contribution in [2.45, 2.75) is 19.3 Å². The highest BCUT2D eigenvalue weighted by molar-refractivity contribution is 5.87. The van der Waals surface area contributed by atoms with Crippen LogP contribution in [0.1, 0.15) is 19.3 Å². The summed E-state index contributed by atoms with van der Waals surface area (Å²) in [5, 5.41) is 0. The molecule has 1 unspecified atom stereocenters. The number of rotatable bonds is 1. The van der Waals surface area contributed by atoms with Crippen molar-refractivity contribution in [3.8, 4) is 0 Å². The Morgan fingerprint density at radius 3 is 2.88 bits per heavy atom. The smallest absolute Gasteiger partial charge is 0.143 e. The van der Waals surface area contributed by atoms with Crippen LogP contribution >= 0.6 is 0 Å². The van der Waals surface area contributed by atoms with Gasteiger partial charge in [-0.15, -0.1) is 6.58 Å². The van der Waals surface area contributed by atoms with Crippen LogP contribution in [0.2, 0.25) is 0 Å². The van der Waals surface area contributed by atoms with Gasteiger partial charge in [-0.3, -0.25) is 4.79 Å². The summed E-state index contributed by atoms with van der Waals surface area (Å²) in [6, 6.07) is 0. The summed E-state index contributed by atoms with van der Waals surface area (Å²) in [4.78, 5) is 12.4. The molecule has 0 aromatic carbocycles. The van der Waals surface area contributed by atoms with Gasteiger partial charge in [-0.1, -0.05) is 30.4 Å². The molecular weight excluding hydrogens is 196 g/mol. The van der Waals surface area contributed by atoms with Gasteiger partial charge in [0.2, 0.25) is 0 Å². The molecule has 1 nitrogen and oxygen atoms in total. The molecule has 0 spiro atoms. The maximum Gasteiger partial charge on any atom is 0.143 e. The van der Waals surface area contributed by atoms with Crippen molar-refractivity contribution >= 4 is 5.78 Å². The van der Waals surface area contributed by atoms with Crippen molar-refractivity contribution < 1.29 is 4.79 Å². The molecule has 2 bridgehead atoms. The molecule has 1 fully saturated rings. The number of hydrogen-bond donors (Lipinski definition) is 0. The van der Waals surface area contributed by atoms with E-state index in [0.717, 1.165) is 19.3 Å². The van der Waals surface area contributed by atoms with Crippen molar-refractivity contribution in [3.63, 3.8) is 0 Å². The molecule has 0 radical (unpaired) electrons. The molecule has 3 rings (SSSR count). The van der Waals surface area contributed by atoms with Crippen molar-refractivity contribution in [3.05, 3.63) is 37.0 Å². The van der Waals surface area contributed by atoms with Gasteiger partial charge in [0.1, 0.15) is 5.78 Å². The normalized spacial score (nSPS) is 47.2. The zero-order valence-electron chi connectivity index (χ0n) is 9.51. The quantitative estimate of drug-likeness (QED) is 0.613. The highest BCUT2D eigenvalue weighted by Gasteiger charge is 2.47. The molecule has 0 N–H and O–H groups in total. The lowest BCUT2D eigenvalue weighted by Crippen LogP contribution is -2.33. The number of fused-ring (bicyclic) bond motifs is 1. The molecule has 16 heavy (non-hydrogen) atoms. The van der Waals surface area contributed by atoms with Gasteiger partial charge in [0.25, 0.3) is 0 Å². The molecule has 0 heterocycles. The van der Waals surface area contributed by atoms with E-state index in [9.17, 15) is 4.79 Å². The van der Waals surface area contributed by atoms with Gasteiger partial charge in [-0.2, -0.15) is 0 Å². The van der Waals surface area contributed by atoms with E-state index in [1.54, 1.807) is 0 Å². The first-order chi connectivity index (χ1) is 7.81. The average molecular weight is 214 g/mol. The van der Waals surface area contributed by atoms with Crippen LogP contribution in [0.15, 0.2) is 37.0 Å². The van der Waals surface area contributed by atoms with Crippen molar-refractivity contribution in [2.24, 2.45) is 29.6 Å². The standard InChI is InChI=1S/C15H18O/c1-2-10-9-12-8-7-11-5-3-4-6-13(10)14(12)15(11)16/h2-4,7-8,10-14H,1,5-6,9H2/b4-3-/t10-,11-,12+,13+,14?/m0/s1. The summed E-state index contributed by atoms with van der Waals surface area (Å²) in [7, 11) is 0. The van der Waals surface area contributed by atoms with E-state index in [1.807, 2.05) is 0 Å². The van der Waals surface area contributed by atoms with E-state index in [0.29, 0.717) is 23.5 Å². The van der Waals surface area contributed by atoms with Crippen LogP contribution in [0.25, 0.3) is 0 Å². The van der Waals surface area contributed by atoms with Crippen LogP contribution in [-0.4, -0.2) is 5.78 Å². The van der Waals surface area contributed by atoms with E-state index in [4.69, 9.17) is 0 Å². The number of carbonyl (C=O) groups is 1. The summed E-state index contributed by atoms with van der Waals surface area (Å²) in [6.45, 7) is 3.94. The summed E-state index contributed by atoms with van der Waals surface area (Å²) in [5.74, 6) is 2.46. The summed E-state index contributed by atoms with van der Waals surface area (Å²) >= 11 is 0. The zero-order chi connectivity index (χ0) is 11.1. The molecule has 3 aliphatic rings. The van der Waals surface area contributed by atoms with Crippen LogP contribution in [0.4, 0.5) is 0 Å². The third kappa shape index (κ3) is 1.34. The van der Waals surface area contributed by atoms with E-state index in [-0.39, 0.29) is 11.8 Å². The monoisotopic (exact) mass is 214 g/mol. The second kappa shape index (κ2) is 3.73. The Morgan fingerprint density at radius 2 is 2.06 bits per heavy atom. The third-order valence-electron chi connectivity index (χ3n) is 4.57. The van der Waals surface area contributed by atoms with Crippen LogP contribution in [0, 0.1) is 29.6 Å². The molecule has 5 atom stereocenters. The second-order valence-corrected chi connectivity index (χ2v) is 5.33. The first-order valence-electron chi connectivity index (χ1n) is 6.31. The van der Waals surface area contributed by atoms with E-state index in [2.05, 4.69) is 37.0 Å². The Morgan fingerprint density at radius 1 is 1.25 bits per heavy atom. The first-order valence-corrected chi connectivity index (χ1v) is 6.31. The van der Waals surface area contributed by atoms with Gasteiger partial charge in [0, 0.05) is 11.8 Å². The van der Waals surface area contributed by atoms with Gasteiger partial charge < -0.3 is 0 Å². The van der Waals surface area contributed by atoms with Gasteiger partial charge in [-0.25, -0.2) is 0 Å². The lowest BCUT2D eigenvalue weighted by molar-refractivity contribution is -0.128. The molecule has 3 aliphatic carbocycles. The van der Waals surface area contributed by atoms with E-state index in [1.165, 1.54) is 0 Å². The molecule has 0 aromatic rings. The maximum atomic E-state index is 12.4. The highest BCUT2D eigenvalue weighted by atomic mass is 16.1. The van der Waals surface area contributed by atoms with Crippen molar-refractivity contribution in [1.29, 1.82) is 0 Å². The molecule has 0 amide bonds. The molecular formula is C15H18O. The topological polar surface area (TPSA) is 17.1 Å². The summed E-state index contributed by atoms with van der Waals surface area (Å²) < 4.78 is 0. The molecule has 0 saturated heterocycles. The summed E-state index contributed by atoms with van der Waals surface area (Å²) in [5.41, 5.74) is 0. The van der Waals surface area contributed by atoms with Gasteiger partial charge in [-0.05, 0) is 37.0 Å². The highest BCUT2D eigenvalue weighted by Crippen LogP contribution is 2.49. The molecule has 84 valence electrons. The Labute approximate surface area is 96.9 Å². The Hall–Kier alpha value is -1.11. The fourth-order valence-corrected chi connectivity index (χ4v) is 3.74. The fourth-order valence-electron chi connectivity index (χ4n) is 3.74. The van der Waals surface area contributed by atoms with E-state index < -0.39 is 0 Å². The number of Topliss-reactive ketones (excluding diaryl/α,β-unsaturated/α-hetero) is 1. The number of hydrogen-bond acceptors (Lipinski definition) is 1. The van der Waals surface area contributed by atoms with Crippen LogP contribution < -0.4 is 0 Å². The molecule has 1 heteroatoms.